The first-order valence-corrected chi connectivity index (χ1v) is 6.63. The first-order valence-electron chi connectivity index (χ1n) is 5.84. The van der Waals surface area contributed by atoms with Gasteiger partial charge in [-0.15, -0.1) is 0 Å². The molecule has 7 heteroatoms. The van der Waals surface area contributed by atoms with Gasteiger partial charge in [-0.25, -0.2) is 4.68 Å². The maximum atomic E-state index is 11.3. The molecule has 0 atom stereocenters. The van der Waals surface area contributed by atoms with Crippen molar-refractivity contribution in [3.63, 3.8) is 0 Å². The van der Waals surface area contributed by atoms with E-state index in [2.05, 4.69) is 21.0 Å². The molecule has 0 aliphatic carbocycles. The summed E-state index contributed by atoms with van der Waals surface area (Å²) in [4.78, 5) is 22.0. The molecular formula is C13H12BrN3O3. The maximum absolute atomic E-state index is 11.3. The fourth-order valence-corrected chi connectivity index (χ4v) is 2.17. The van der Waals surface area contributed by atoms with Gasteiger partial charge in [0, 0.05) is 11.6 Å². The van der Waals surface area contributed by atoms with Crippen LogP contribution in [0, 0.1) is 24.0 Å². The lowest BCUT2D eigenvalue weighted by molar-refractivity contribution is -0.384. The van der Waals surface area contributed by atoms with Gasteiger partial charge in [-0.3, -0.25) is 14.9 Å². The molecule has 1 aromatic heterocycles. The van der Waals surface area contributed by atoms with E-state index in [0.29, 0.717) is 11.3 Å². The summed E-state index contributed by atoms with van der Waals surface area (Å²) in [6.45, 7) is 4.99. The van der Waals surface area contributed by atoms with Gasteiger partial charge >= 0.3 is 0 Å². The molecule has 0 aliphatic heterocycles. The molecule has 6 nitrogen and oxygen atoms in total. The highest BCUT2D eigenvalue weighted by Gasteiger charge is 2.21. The van der Waals surface area contributed by atoms with E-state index in [1.807, 2.05) is 13.8 Å². The Morgan fingerprint density at radius 2 is 2.05 bits per heavy atom. The Kier molecular flexibility index (Phi) is 3.71. The Morgan fingerprint density at radius 1 is 1.40 bits per heavy atom. The standard InChI is InChI=1S/C13H12BrN3O3/c1-7-13(14)8(2)16(15-7)11-5-4-10(9(3)18)6-12(11)17(19)20/h4-6H,1-3H3. The topological polar surface area (TPSA) is 78.0 Å². The number of ketones is 1. The van der Waals surface area contributed by atoms with Gasteiger partial charge in [0.15, 0.2) is 5.78 Å². The second kappa shape index (κ2) is 5.16. The van der Waals surface area contributed by atoms with Gasteiger partial charge < -0.3 is 0 Å². The van der Waals surface area contributed by atoms with Crippen molar-refractivity contribution in [3.05, 3.63) is 49.7 Å². The van der Waals surface area contributed by atoms with Gasteiger partial charge in [0.1, 0.15) is 5.69 Å². The third-order valence-electron chi connectivity index (χ3n) is 3.01. The van der Waals surface area contributed by atoms with Crippen LogP contribution in [-0.2, 0) is 0 Å². The number of benzene rings is 1. The molecule has 0 saturated heterocycles. The molecule has 2 rings (SSSR count). The number of aromatic nitrogens is 2. The Bertz CT molecular complexity index is 722. The molecule has 0 aliphatic rings. The Balaban J connectivity index is 2.70. The van der Waals surface area contributed by atoms with Gasteiger partial charge in [-0.1, -0.05) is 0 Å². The number of rotatable bonds is 3. The third-order valence-corrected chi connectivity index (χ3v) is 4.16. The van der Waals surface area contributed by atoms with Crippen molar-refractivity contribution in [3.8, 4) is 5.69 Å². The second-order valence-corrected chi connectivity index (χ2v) is 5.21. The minimum absolute atomic E-state index is 0.143. The SMILES string of the molecule is CC(=O)c1ccc(-n2nc(C)c(Br)c2C)c([N+](=O)[O-])c1. The summed E-state index contributed by atoms with van der Waals surface area (Å²) in [5.74, 6) is -0.214. The fourth-order valence-electron chi connectivity index (χ4n) is 1.93. The summed E-state index contributed by atoms with van der Waals surface area (Å²) in [6.07, 6.45) is 0. The van der Waals surface area contributed by atoms with Crippen molar-refractivity contribution in [1.29, 1.82) is 0 Å². The average Bonchev–Trinajstić information content (AvgIpc) is 2.65. The lowest BCUT2D eigenvalue weighted by atomic mass is 10.1. The van der Waals surface area contributed by atoms with Crippen LogP contribution < -0.4 is 0 Å². The largest absolute Gasteiger partial charge is 0.295 e. The van der Waals surface area contributed by atoms with Gasteiger partial charge in [-0.2, -0.15) is 5.10 Å². The first kappa shape index (κ1) is 14.4. The number of nitrogens with zero attached hydrogens (tertiary/aromatic N) is 3. The Hall–Kier alpha value is -2.02. The van der Waals surface area contributed by atoms with Gasteiger partial charge in [0.25, 0.3) is 5.69 Å². The number of carbonyl (C=O) groups excluding carboxylic acids is 1. The lowest BCUT2D eigenvalue weighted by Crippen LogP contribution is -2.05. The normalized spacial score (nSPS) is 10.6. The van der Waals surface area contributed by atoms with Crippen LogP contribution in [0.3, 0.4) is 0 Å². The quantitative estimate of drug-likeness (QED) is 0.488. The molecule has 20 heavy (non-hydrogen) atoms. The molecule has 0 fully saturated rings. The van der Waals surface area contributed by atoms with Crippen molar-refractivity contribution < 1.29 is 9.72 Å². The summed E-state index contributed by atoms with van der Waals surface area (Å²) in [5, 5.41) is 15.5. The van der Waals surface area contributed by atoms with Crippen molar-refractivity contribution in [2.24, 2.45) is 0 Å². The zero-order valence-corrected chi connectivity index (χ0v) is 12.8. The lowest BCUT2D eigenvalue weighted by Gasteiger charge is -2.06. The van der Waals surface area contributed by atoms with Crippen molar-refractivity contribution in [1.82, 2.24) is 9.78 Å². The van der Waals surface area contributed by atoms with E-state index in [1.54, 1.807) is 12.1 Å². The number of Topliss-reactive ketones (excluding diaryl/α,β-unsaturated/α-hetero) is 1. The molecule has 0 bridgehead atoms. The van der Waals surface area contributed by atoms with Crippen LogP contribution >= 0.6 is 15.9 Å². The maximum Gasteiger partial charge on any atom is 0.295 e. The van der Waals surface area contributed by atoms with Crippen molar-refractivity contribution in [2.45, 2.75) is 20.8 Å². The molecular weight excluding hydrogens is 326 g/mol. The monoisotopic (exact) mass is 337 g/mol. The number of carbonyl (C=O) groups is 1. The minimum Gasteiger partial charge on any atom is -0.295 e. The molecule has 2 aromatic rings. The van der Waals surface area contributed by atoms with Gasteiger partial charge in [-0.05, 0) is 48.8 Å². The highest BCUT2D eigenvalue weighted by atomic mass is 79.9. The number of hydrogen-bond donors (Lipinski definition) is 0. The van der Waals surface area contributed by atoms with E-state index in [4.69, 9.17) is 0 Å². The van der Waals surface area contributed by atoms with Crippen LogP contribution in [0.4, 0.5) is 5.69 Å². The van der Waals surface area contributed by atoms with E-state index in [1.165, 1.54) is 17.7 Å². The number of aryl methyl sites for hydroxylation is 1. The smallest absolute Gasteiger partial charge is 0.295 e. The summed E-state index contributed by atoms with van der Waals surface area (Å²) >= 11 is 3.39. The summed E-state index contributed by atoms with van der Waals surface area (Å²) < 4.78 is 2.31. The molecule has 0 unspecified atom stereocenters. The number of nitro groups is 1. The molecule has 1 heterocycles. The van der Waals surface area contributed by atoms with Crippen LogP contribution in [0.2, 0.25) is 0 Å². The number of nitro benzene ring substituents is 1. The molecule has 0 N–H and O–H groups in total. The van der Waals surface area contributed by atoms with E-state index >= 15 is 0 Å². The molecule has 0 saturated carbocycles. The predicted molar refractivity (Wildman–Crippen MR) is 77.4 cm³/mol. The Morgan fingerprint density at radius 3 is 2.50 bits per heavy atom. The summed E-state index contributed by atoms with van der Waals surface area (Å²) in [6, 6.07) is 4.39. The molecule has 1 aromatic carbocycles. The molecule has 0 radical (unpaired) electrons. The third kappa shape index (κ3) is 2.36. The molecule has 0 amide bonds. The fraction of sp³-hybridized carbons (Fsp3) is 0.231. The van der Waals surface area contributed by atoms with E-state index in [0.717, 1.165) is 15.9 Å². The van der Waals surface area contributed by atoms with Gasteiger partial charge in [0.05, 0.1) is 20.8 Å². The highest BCUT2D eigenvalue weighted by molar-refractivity contribution is 9.10. The summed E-state index contributed by atoms with van der Waals surface area (Å²) in [5.41, 5.74) is 2.01. The van der Waals surface area contributed by atoms with E-state index in [9.17, 15) is 14.9 Å². The number of halogens is 1. The zero-order chi connectivity index (χ0) is 15.0. The predicted octanol–water partition coefficient (Wildman–Crippen LogP) is 3.36. The average molecular weight is 338 g/mol. The molecule has 0 spiro atoms. The van der Waals surface area contributed by atoms with E-state index in [-0.39, 0.29) is 11.5 Å². The first-order chi connectivity index (χ1) is 9.32. The van der Waals surface area contributed by atoms with Crippen molar-refractivity contribution in [2.75, 3.05) is 0 Å². The van der Waals surface area contributed by atoms with Gasteiger partial charge in [0.2, 0.25) is 0 Å². The number of hydrogen-bond acceptors (Lipinski definition) is 4. The second-order valence-electron chi connectivity index (χ2n) is 4.41. The van der Waals surface area contributed by atoms with E-state index < -0.39 is 4.92 Å². The van der Waals surface area contributed by atoms with Crippen LogP contribution in [0.5, 0.6) is 0 Å². The van der Waals surface area contributed by atoms with Crippen LogP contribution in [-0.4, -0.2) is 20.5 Å². The van der Waals surface area contributed by atoms with Crippen LogP contribution in [0.15, 0.2) is 22.7 Å². The van der Waals surface area contributed by atoms with Crippen molar-refractivity contribution >= 4 is 27.4 Å². The van der Waals surface area contributed by atoms with Crippen LogP contribution in [0.1, 0.15) is 28.7 Å². The summed E-state index contributed by atoms with van der Waals surface area (Å²) in [7, 11) is 0. The molecule has 104 valence electrons. The highest BCUT2D eigenvalue weighted by Crippen LogP contribution is 2.29. The zero-order valence-electron chi connectivity index (χ0n) is 11.2. The Labute approximate surface area is 123 Å². The van der Waals surface area contributed by atoms with Crippen LogP contribution in [0.25, 0.3) is 5.69 Å². The minimum atomic E-state index is -0.508.